The van der Waals surface area contributed by atoms with Gasteiger partial charge in [-0.25, -0.2) is 9.69 Å². The minimum Gasteiger partial charge on any atom is -0.307 e. The Kier molecular flexibility index (Phi) is 5.33. The number of rotatable bonds is 2. The Labute approximate surface area is 154 Å². The van der Waals surface area contributed by atoms with Gasteiger partial charge < -0.3 is 5.32 Å². The third-order valence-electron chi connectivity index (χ3n) is 3.35. The number of carbonyl (C=O) groups is 1. The predicted molar refractivity (Wildman–Crippen MR) is 104 cm³/mol. The Bertz CT molecular complexity index is 780. The van der Waals surface area contributed by atoms with Crippen molar-refractivity contribution in [2.24, 2.45) is 4.99 Å². The summed E-state index contributed by atoms with van der Waals surface area (Å²) in [5.41, 5.74) is 1.34. The maximum atomic E-state index is 12.8. The second kappa shape index (κ2) is 7.47. The van der Waals surface area contributed by atoms with Crippen LogP contribution in [0.3, 0.4) is 0 Å². The van der Waals surface area contributed by atoms with Gasteiger partial charge in [-0.2, -0.15) is 0 Å². The number of halogens is 2. The quantitative estimate of drug-likeness (QED) is 0.745. The van der Waals surface area contributed by atoms with Crippen LogP contribution in [0.1, 0.15) is 6.92 Å². The van der Waals surface area contributed by atoms with Gasteiger partial charge in [-0.15, -0.1) is 0 Å². The molecule has 24 heavy (non-hydrogen) atoms. The molecule has 2 aromatic rings. The lowest BCUT2D eigenvalue weighted by Gasteiger charge is -2.23. The SMILES string of the molecule is CC1CN=C(N(C(=O)Nc2cccc(Cl)c2)c2ccc(Cl)cc2)S1. The lowest BCUT2D eigenvalue weighted by Crippen LogP contribution is -2.38. The number of amidine groups is 1. The summed E-state index contributed by atoms with van der Waals surface area (Å²) in [5.74, 6) is 0. The highest BCUT2D eigenvalue weighted by atomic mass is 35.5. The topological polar surface area (TPSA) is 44.7 Å². The lowest BCUT2D eigenvalue weighted by atomic mass is 10.3. The molecule has 0 saturated heterocycles. The molecule has 0 spiro atoms. The Balaban J connectivity index is 1.89. The highest BCUT2D eigenvalue weighted by Gasteiger charge is 2.27. The monoisotopic (exact) mass is 379 g/mol. The fraction of sp³-hybridized carbons (Fsp3) is 0.176. The van der Waals surface area contributed by atoms with E-state index in [2.05, 4.69) is 17.2 Å². The second-order valence-electron chi connectivity index (χ2n) is 5.30. The normalized spacial score (nSPS) is 16.6. The van der Waals surface area contributed by atoms with Gasteiger partial charge in [-0.05, 0) is 42.5 Å². The molecule has 3 rings (SSSR count). The molecule has 0 saturated carbocycles. The molecule has 2 aromatic carbocycles. The summed E-state index contributed by atoms with van der Waals surface area (Å²) in [4.78, 5) is 18.9. The number of nitrogens with zero attached hydrogens (tertiary/aromatic N) is 2. The molecule has 124 valence electrons. The van der Waals surface area contributed by atoms with Crippen molar-refractivity contribution < 1.29 is 4.79 Å². The minimum atomic E-state index is -0.292. The van der Waals surface area contributed by atoms with Gasteiger partial charge in [0.2, 0.25) is 0 Å². The van der Waals surface area contributed by atoms with Crippen molar-refractivity contribution in [1.29, 1.82) is 0 Å². The number of anilines is 2. The molecule has 2 amide bonds. The van der Waals surface area contributed by atoms with E-state index in [-0.39, 0.29) is 6.03 Å². The van der Waals surface area contributed by atoms with E-state index in [4.69, 9.17) is 23.2 Å². The first-order chi connectivity index (χ1) is 11.5. The van der Waals surface area contributed by atoms with Crippen molar-refractivity contribution in [1.82, 2.24) is 0 Å². The van der Waals surface area contributed by atoms with Crippen LogP contribution in [-0.2, 0) is 0 Å². The molecular formula is C17H15Cl2N3OS. The van der Waals surface area contributed by atoms with Crippen LogP contribution in [0.2, 0.25) is 10.0 Å². The molecule has 0 fully saturated rings. The number of thioether (sulfide) groups is 1. The maximum Gasteiger partial charge on any atom is 0.332 e. The zero-order valence-corrected chi connectivity index (χ0v) is 15.2. The smallest absolute Gasteiger partial charge is 0.307 e. The lowest BCUT2D eigenvalue weighted by molar-refractivity contribution is 0.259. The molecule has 1 atom stereocenters. The van der Waals surface area contributed by atoms with E-state index >= 15 is 0 Å². The standard InChI is InChI=1S/C17H15Cl2N3OS/c1-11-10-20-17(24-11)22(15-7-5-12(18)6-8-15)16(23)21-14-4-2-3-13(19)9-14/h2-9,11H,10H2,1H3,(H,21,23). The number of aliphatic imine (C=N–C) groups is 1. The first kappa shape index (κ1) is 17.1. The molecule has 4 nitrogen and oxygen atoms in total. The largest absolute Gasteiger partial charge is 0.332 e. The molecule has 1 N–H and O–H groups in total. The van der Waals surface area contributed by atoms with E-state index in [9.17, 15) is 4.79 Å². The van der Waals surface area contributed by atoms with Crippen LogP contribution >= 0.6 is 35.0 Å². The van der Waals surface area contributed by atoms with Gasteiger partial charge in [0.15, 0.2) is 5.17 Å². The number of carbonyl (C=O) groups excluding carboxylic acids is 1. The highest BCUT2D eigenvalue weighted by Crippen LogP contribution is 2.29. The van der Waals surface area contributed by atoms with Crippen molar-refractivity contribution >= 4 is 57.5 Å². The van der Waals surface area contributed by atoms with Crippen LogP contribution in [0, 0.1) is 0 Å². The fourth-order valence-corrected chi connectivity index (χ4v) is 3.50. The van der Waals surface area contributed by atoms with Crippen LogP contribution < -0.4 is 10.2 Å². The van der Waals surface area contributed by atoms with Crippen LogP contribution in [0.15, 0.2) is 53.5 Å². The molecule has 1 aliphatic heterocycles. The first-order valence-electron chi connectivity index (χ1n) is 7.36. The summed E-state index contributed by atoms with van der Waals surface area (Å²) in [5, 5.41) is 5.05. The van der Waals surface area contributed by atoms with Crippen molar-refractivity contribution in [2.45, 2.75) is 12.2 Å². The van der Waals surface area contributed by atoms with Gasteiger partial charge in [0, 0.05) is 21.0 Å². The zero-order valence-electron chi connectivity index (χ0n) is 12.9. The second-order valence-corrected chi connectivity index (χ2v) is 7.58. The van der Waals surface area contributed by atoms with Gasteiger partial charge in [0.1, 0.15) is 0 Å². The zero-order chi connectivity index (χ0) is 17.1. The van der Waals surface area contributed by atoms with Crippen LogP contribution in [0.4, 0.5) is 16.2 Å². The van der Waals surface area contributed by atoms with Crippen LogP contribution in [0.25, 0.3) is 0 Å². The van der Waals surface area contributed by atoms with Gasteiger partial charge in [0.25, 0.3) is 0 Å². The molecule has 0 aromatic heterocycles. The molecule has 0 aliphatic carbocycles. The highest BCUT2D eigenvalue weighted by molar-refractivity contribution is 8.15. The Morgan fingerprint density at radius 3 is 2.58 bits per heavy atom. The van der Waals surface area contributed by atoms with E-state index in [1.54, 1.807) is 65.2 Å². The summed E-state index contributed by atoms with van der Waals surface area (Å²) in [6.07, 6.45) is 0. The molecule has 1 unspecified atom stereocenters. The Morgan fingerprint density at radius 2 is 1.96 bits per heavy atom. The van der Waals surface area contributed by atoms with E-state index < -0.39 is 0 Å². The Morgan fingerprint density at radius 1 is 1.21 bits per heavy atom. The number of hydrogen-bond acceptors (Lipinski definition) is 3. The van der Waals surface area contributed by atoms with Crippen molar-refractivity contribution in [3.05, 3.63) is 58.6 Å². The molecule has 0 radical (unpaired) electrons. The molecular weight excluding hydrogens is 365 g/mol. The molecule has 1 aliphatic rings. The third-order valence-corrected chi connectivity index (χ3v) is 4.91. The van der Waals surface area contributed by atoms with E-state index in [0.717, 1.165) is 0 Å². The average Bonchev–Trinajstić information content (AvgIpc) is 2.95. The first-order valence-corrected chi connectivity index (χ1v) is 9.00. The Hall–Kier alpha value is -1.69. The van der Waals surface area contributed by atoms with Crippen molar-refractivity contribution in [3.63, 3.8) is 0 Å². The van der Waals surface area contributed by atoms with Crippen LogP contribution in [-0.4, -0.2) is 23.0 Å². The van der Waals surface area contributed by atoms with Gasteiger partial charge in [0.05, 0.1) is 12.2 Å². The summed E-state index contributed by atoms with van der Waals surface area (Å²) in [7, 11) is 0. The van der Waals surface area contributed by atoms with Crippen molar-refractivity contribution in [3.8, 4) is 0 Å². The van der Waals surface area contributed by atoms with Gasteiger partial charge in [-0.1, -0.05) is 48.0 Å². The number of nitrogens with one attached hydrogen (secondary N) is 1. The predicted octanol–water partition coefficient (Wildman–Crippen LogP) is 5.52. The number of amides is 2. The number of benzene rings is 2. The summed E-state index contributed by atoms with van der Waals surface area (Å²) in [6, 6.07) is 13.8. The van der Waals surface area contributed by atoms with Crippen molar-refractivity contribution in [2.75, 3.05) is 16.8 Å². The third kappa shape index (κ3) is 4.04. The van der Waals surface area contributed by atoms with Gasteiger partial charge >= 0.3 is 6.03 Å². The number of urea groups is 1. The average molecular weight is 380 g/mol. The van der Waals surface area contributed by atoms with E-state index in [1.807, 2.05) is 0 Å². The summed E-state index contributed by atoms with van der Waals surface area (Å²) in [6.45, 7) is 2.77. The van der Waals surface area contributed by atoms with E-state index in [1.165, 1.54) is 0 Å². The van der Waals surface area contributed by atoms with Crippen LogP contribution in [0.5, 0.6) is 0 Å². The van der Waals surface area contributed by atoms with E-state index in [0.29, 0.717) is 38.4 Å². The summed E-state index contributed by atoms with van der Waals surface area (Å²) >= 11 is 13.5. The molecule has 7 heteroatoms. The summed E-state index contributed by atoms with van der Waals surface area (Å²) < 4.78 is 0. The van der Waals surface area contributed by atoms with Gasteiger partial charge in [-0.3, -0.25) is 4.99 Å². The molecule has 1 heterocycles. The minimum absolute atomic E-state index is 0.292. The number of hydrogen-bond donors (Lipinski definition) is 1. The maximum absolute atomic E-state index is 12.8. The fourth-order valence-electron chi connectivity index (χ4n) is 2.23. The molecule has 0 bridgehead atoms.